The van der Waals surface area contributed by atoms with E-state index in [1.165, 1.54) is 0 Å². The second kappa shape index (κ2) is 6.73. The first-order valence-electron chi connectivity index (χ1n) is 6.61. The highest BCUT2D eigenvalue weighted by molar-refractivity contribution is 5.79. The van der Waals surface area contributed by atoms with E-state index in [0.29, 0.717) is 19.6 Å². The van der Waals surface area contributed by atoms with Gasteiger partial charge in [-0.15, -0.1) is 0 Å². The largest absolute Gasteiger partial charge is 0.481 e. The summed E-state index contributed by atoms with van der Waals surface area (Å²) in [6.07, 6.45) is 3.53. The van der Waals surface area contributed by atoms with Gasteiger partial charge in [-0.2, -0.15) is 0 Å². The van der Waals surface area contributed by atoms with Crippen molar-refractivity contribution in [3.8, 4) is 0 Å². The number of amides is 1. The number of carboxylic acid groups (broad SMARTS) is 1. The summed E-state index contributed by atoms with van der Waals surface area (Å²) in [5, 5.41) is 12.1. The van der Waals surface area contributed by atoms with Gasteiger partial charge in [0, 0.05) is 13.0 Å². The van der Waals surface area contributed by atoms with Gasteiger partial charge >= 0.3 is 5.97 Å². The maximum Gasteiger partial charge on any atom is 0.308 e. The predicted molar refractivity (Wildman–Crippen MR) is 67.3 cm³/mol. The second-order valence-corrected chi connectivity index (χ2v) is 5.05. The normalized spacial score (nSPS) is 27.8. The predicted octanol–water partition coefficient (Wildman–Crippen LogP) is 1.56. The van der Waals surface area contributed by atoms with Crippen molar-refractivity contribution in [3.05, 3.63) is 0 Å². The second-order valence-electron chi connectivity index (χ2n) is 5.05. The summed E-state index contributed by atoms with van der Waals surface area (Å²) in [7, 11) is 0. The molecule has 1 fully saturated rings. The SMILES string of the molecule is CCOCCC(=O)NC1(C)CCCCC1C(=O)O. The molecule has 1 amide bonds. The quantitative estimate of drug-likeness (QED) is 0.708. The Labute approximate surface area is 108 Å². The summed E-state index contributed by atoms with van der Waals surface area (Å²) < 4.78 is 5.12. The highest BCUT2D eigenvalue weighted by Gasteiger charge is 2.41. The zero-order valence-corrected chi connectivity index (χ0v) is 11.2. The lowest BCUT2D eigenvalue weighted by molar-refractivity contribution is -0.146. The molecule has 5 nitrogen and oxygen atoms in total. The summed E-state index contributed by atoms with van der Waals surface area (Å²) >= 11 is 0. The minimum Gasteiger partial charge on any atom is -0.481 e. The molecule has 1 saturated carbocycles. The molecule has 0 aromatic rings. The van der Waals surface area contributed by atoms with E-state index in [-0.39, 0.29) is 12.3 Å². The molecular formula is C13H23NO4. The van der Waals surface area contributed by atoms with E-state index in [9.17, 15) is 14.7 Å². The van der Waals surface area contributed by atoms with Crippen LogP contribution in [0.5, 0.6) is 0 Å². The number of hydrogen-bond acceptors (Lipinski definition) is 3. The Morgan fingerprint density at radius 3 is 2.78 bits per heavy atom. The van der Waals surface area contributed by atoms with Crippen LogP contribution >= 0.6 is 0 Å². The van der Waals surface area contributed by atoms with E-state index in [2.05, 4.69) is 5.32 Å². The molecular weight excluding hydrogens is 234 g/mol. The summed E-state index contributed by atoms with van der Waals surface area (Å²) in [4.78, 5) is 23.0. The lowest BCUT2D eigenvalue weighted by Crippen LogP contribution is -2.55. The van der Waals surface area contributed by atoms with Crippen molar-refractivity contribution in [1.29, 1.82) is 0 Å². The molecule has 0 aliphatic heterocycles. The van der Waals surface area contributed by atoms with Gasteiger partial charge in [0.1, 0.15) is 0 Å². The monoisotopic (exact) mass is 257 g/mol. The van der Waals surface area contributed by atoms with Gasteiger partial charge < -0.3 is 15.2 Å². The topological polar surface area (TPSA) is 75.6 Å². The Bertz CT molecular complexity index is 305. The number of carbonyl (C=O) groups is 2. The minimum atomic E-state index is -0.817. The van der Waals surface area contributed by atoms with Gasteiger partial charge in [-0.05, 0) is 26.7 Å². The van der Waals surface area contributed by atoms with E-state index in [0.717, 1.165) is 19.3 Å². The third-order valence-electron chi connectivity index (χ3n) is 3.61. The Morgan fingerprint density at radius 2 is 2.17 bits per heavy atom. The minimum absolute atomic E-state index is 0.126. The fourth-order valence-electron chi connectivity index (χ4n) is 2.57. The Kier molecular flexibility index (Phi) is 5.59. The van der Waals surface area contributed by atoms with E-state index >= 15 is 0 Å². The van der Waals surface area contributed by atoms with Crippen LogP contribution in [-0.2, 0) is 14.3 Å². The van der Waals surface area contributed by atoms with Gasteiger partial charge in [-0.25, -0.2) is 0 Å². The van der Waals surface area contributed by atoms with Crippen molar-refractivity contribution in [3.63, 3.8) is 0 Å². The van der Waals surface area contributed by atoms with Gasteiger partial charge in [-0.1, -0.05) is 12.8 Å². The van der Waals surface area contributed by atoms with Gasteiger partial charge in [0.25, 0.3) is 0 Å². The van der Waals surface area contributed by atoms with Crippen molar-refractivity contribution in [2.75, 3.05) is 13.2 Å². The van der Waals surface area contributed by atoms with Gasteiger partial charge in [0.2, 0.25) is 5.91 Å². The average molecular weight is 257 g/mol. The van der Waals surface area contributed by atoms with Crippen LogP contribution in [0.4, 0.5) is 0 Å². The Balaban J connectivity index is 2.54. The number of ether oxygens (including phenoxy) is 1. The lowest BCUT2D eigenvalue weighted by Gasteiger charge is -2.39. The molecule has 1 aliphatic carbocycles. The number of hydrogen-bond donors (Lipinski definition) is 2. The molecule has 0 aromatic carbocycles. The first kappa shape index (κ1) is 15.0. The molecule has 2 unspecified atom stereocenters. The smallest absolute Gasteiger partial charge is 0.308 e. The van der Waals surface area contributed by atoms with Crippen LogP contribution in [-0.4, -0.2) is 35.7 Å². The number of aliphatic carboxylic acids is 1. The third kappa shape index (κ3) is 3.98. The molecule has 0 spiro atoms. The molecule has 0 bridgehead atoms. The van der Waals surface area contributed by atoms with Crippen molar-refractivity contribution in [1.82, 2.24) is 5.32 Å². The van der Waals surface area contributed by atoms with Crippen LogP contribution in [0, 0.1) is 5.92 Å². The van der Waals surface area contributed by atoms with Crippen LogP contribution in [0.2, 0.25) is 0 Å². The third-order valence-corrected chi connectivity index (χ3v) is 3.61. The van der Waals surface area contributed by atoms with E-state index in [1.807, 2.05) is 13.8 Å². The fraction of sp³-hybridized carbons (Fsp3) is 0.846. The standard InChI is InChI=1S/C13H23NO4/c1-3-18-9-7-11(15)14-13(2)8-5-4-6-10(13)12(16)17/h10H,3-9H2,1-2H3,(H,14,15)(H,16,17). The molecule has 0 radical (unpaired) electrons. The number of nitrogens with one attached hydrogen (secondary N) is 1. The first-order valence-corrected chi connectivity index (χ1v) is 6.61. The van der Waals surface area contributed by atoms with Crippen LogP contribution in [0.1, 0.15) is 46.0 Å². The average Bonchev–Trinajstić information content (AvgIpc) is 2.28. The molecule has 1 rings (SSSR count). The van der Waals surface area contributed by atoms with Crippen molar-refractivity contribution >= 4 is 11.9 Å². The summed E-state index contributed by atoms with van der Waals surface area (Å²) in [5.74, 6) is -1.43. The summed E-state index contributed by atoms with van der Waals surface area (Å²) in [6.45, 7) is 4.68. The molecule has 5 heteroatoms. The molecule has 1 aliphatic rings. The summed E-state index contributed by atoms with van der Waals surface area (Å²) in [5.41, 5.74) is -0.618. The van der Waals surface area contributed by atoms with Crippen LogP contribution < -0.4 is 5.32 Å². The molecule has 0 saturated heterocycles. The molecule has 0 aromatic heterocycles. The van der Waals surface area contributed by atoms with Crippen LogP contribution in [0.15, 0.2) is 0 Å². The number of carbonyl (C=O) groups excluding carboxylic acids is 1. The number of carboxylic acids is 1. The van der Waals surface area contributed by atoms with Crippen molar-refractivity contribution < 1.29 is 19.4 Å². The lowest BCUT2D eigenvalue weighted by atomic mass is 9.74. The molecule has 2 atom stereocenters. The zero-order valence-electron chi connectivity index (χ0n) is 11.2. The van der Waals surface area contributed by atoms with Gasteiger partial charge in [-0.3, -0.25) is 9.59 Å². The Hall–Kier alpha value is -1.10. The van der Waals surface area contributed by atoms with E-state index < -0.39 is 17.4 Å². The Morgan fingerprint density at radius 1 is 1.44 bits per heavy atom. The molecule has 0 heterocycles. The first-order chi connectivity index (χ1) is 8.49. The van der Waals surface area contributed by atoms with Crippen molar-refractivity contribution in [2.24, 2.45) is 5.92 Å². The van der Waals surface area contributed by atoms with E-state index in [1.54, 1.807) is 0 Å². The molecule has 18 heavy (non-hydrogen) atoms. The van der Waals surface area contributed by atoms with Gasteiger partial charge in [0.15, 0.2) is 0 Å². The maximum absolute atomic E-state index is 11.8. The van der Waals surface area contributed by atoms with Crippen LogP contribution in [0.3, 0.4) is 0 Å². The molecule has 104 valence electrons. The van der Waals surface area contributed by atoms with E-state index in [4.69, 9.17) is 4.74 Å². The van der Waals surface area contributed by atoms with Crippen molar-refractivity contribution in [2.45, 2.75) is 51.5 Å². The highest BCUT2D eigenvalue weighted by Crippen LogP contribution is 2.33. The summed E-state index contributed by atoms with van der Waals surface area (Å²) in [6, 6.07) is 0. The fourth-order valence-corrected chi connectivity index (χ4v) is 2.57. The molecule has 2 N–H and O–H groups in total. The maximum atomic E-state index is 11.8. The van der Waals surface area contributed by atoms with Crippen LogP contribution in [0.25, 0.3) is 0 Å². The number of rotatable bonds is 6. The zero-order chi connectivity index (χ0) is 13.6. The highest BCUT2D eigenvalue weighted by atomic mass is 16.5. The van der Waals surface area contributed by atoms with Gasteiger partial charge in [0.05, 0.1) is 18.1 Å².